The molecule has 1 aromatic heterocycles. The molecule has 1 heterocycles. The summed E-state index contributed by atoms with van der Waals surface area (Å²) in [4.78, 5) is 6.87. The minimum atomic E-state index is 0.296. The maximum atomic E-state index is 5.42. The zero-order chi connectivity index (χ0) is 8.27. The second kappa shape index (κ2) is 3.39. The standard InChI is InChI=1S/C7H14N4/c1-3-9-5(2)6-4-10-7(8)11-6/h4-5,9H,3H2,1-2H3,(H3,8,10,11). The minimum absolute atomic E-state index is 0.296. The predicted octanol–water partition coefficient (Wildman–Crippen LogP) is 0.662. The van der Waals surface area contributed by atoms with Crippen LogP contribution in [0.3, 0.4) is 0 Å². The quantitative estimate of drug-likeness (QED) is 0.599. The van der Waals surface area contributed by atoms with E-state index in [9.17, 15) is 0 Å². The number of imidazole rings is 1. The topological polar surface area (TPSA) is 66.7 Å². The van der Waals surface area contributed by atoms with Crippen molar-refractivity contribution in [1.29, 1.82) is 0 Å². The highest BCUT2D eigenvalue weighted by Gasteiger charge is 2.04. The molecule has 1 rings (SSSR count). The molecular weight excluding hydrogens is 140 g/mol. The normalized spacial score (nSPS) is 13.3. The molecule has 62 valence electrons. The van der Waals surface area contributed by atoms with Gasteiger partial charge in [-0.15, -0.1) is 0 Å². The number of hydrogen-bond donors (Lipinski definition) is 3. The average Bonchev–Trinajstić information content (AvgIpc) is 2.36. The predicted molar refractivity (Wildman–Crippen MR) is 45.1 cm³/mol. The van der Waals surface area contributed by atoms with Crippen LogP contribution in [0.2, 0.25) is 0 Å². The van der Waals surface area contributed by atoms with Crippen LogP contribution in [0.15, 0.2) is 6.20 Å². The van der Waals surface area contributed by atoms with E-state index in [0.717, 1.165) is 12.2 Å². The Kier molecular flexibility index (Phi) is 2.48. The first kappa shape index (κ1) is 8.07. The fourth-order valence-electron chi connectivity index (χ4n) is 0.988. The first-order valence-electron chi connectivity index (χ1n) is 3.77. The van der Waals surface area contributed by atoms with Crippen molar-refractivity contribution < 1.29 is 0 Å². The van der Waals surface area contributed by atoms with Crippen molar-refractivity contribution in [2.75, 3.05) is 12.3 Å². The number of H-pyrrole nitrogens is 1. The molecule has 4 N–H and O–H groups in total. The summed E-state index contributed by atoms with van der Waals surface area (Å²) in [6, 6.07) is 0.296. The van der Waals surface area contributed by atoms with Gasteiger partial charge in [-0.05, 0) is 13.5 Å². The molecular formula is C7H14N4. The van der Waals surface area contributed by atoms with Crippen LogP contribution in [0.4, 0.5) is 5.95 Å². The fourth-order valence-corrected chi connectivity index (χ4v) is 0.988. The SMILES string of the molecule is CCNC(C)c1cnc(N)[nH]1. The van der Waals surface area contributed by atoms with E-state index < -0.39 is 0 Å². The summed E-state index contributed by atoms with van der Waals surface area (Å²) in [5.41, 5.74) is 6.45. The molecule has 0 radical (unpaired) electrons. The number of nitrogens with two attached hydrogens (primary N) is 1. The molecule has 0 fully saturated rings. The van der Waals surface area contributed by atoms with Gasteiger partial charge in [-0.25, -0.2) is 4.98 Å². The van der Waals surface area contributed by atoms with E-state index in [1.54, 1.807) is 6.20 Å². The molecule has 0 spiro atoms. The average molecular weight is 154 g/mol. The van der Waals surface area contributed by atoms with Crippen molar-refractivity contribution >= 4 is 5.95 Å². The van der Waals surface area contributed by atoms with Crippen molar-refractivity contribution in [3.05, 3.63) is 11.9 Å². The summed E-state index contributed by atoms with van der Waals surface area (Å²) >= 11 is 0. The van der Waals surface area contributed by atoms with Crippen molar-refractivity contribution in [3.63, 3.8) is 0 Å². The third kappa shape index (κ3) is 1.94. The molecule has 0 saturated heterocycles. The number of aromatic amines is 1. The van der Waals surface area contributed by atoms with E-state index in [-0.39, 0.29) is 0 Å². The van der Waals surface area contributed by atoms with Gasteiger partial charge in [-0.1, -0.05) is 6.92 Å². The molecule has 0 aliphatic heterocycles. The number of nitrogens with zero attached hydrogens (tertiary/aromatic N) is 1. The molecule has 0 aliphatic carbocycles. The Morgan fingerprint density at radius 1 is 1.82 bits per heavy atom. The molecule has 4 heteroatoms. The Balaban J connectivity index is 2.60. The van der Waals surface area contributed by atoms with Crippen LogP contribution in [0.5, 0.6) is 0 Å². The molecule has 11 heavy (non-hydrogen) atoms. The molecule has 0 amide bonds. The lowest BCUT2D eigenvalue weighted by molar-refractivity contribution is 0.586. The van der Waals surface area contributed by atoms with Crippen molar-refractivity contribution in [1.82, 2.24) is 15.3 Å². The van der Waals surface area contributed by atoms with E-state index in [1.165, 1.54) is 0 Å². The number of nitrogens with one attached hydrogen (secondary N) is 2. The van der Waals surface area contributed by atoms with Crippen molar-refractivity contribution in [2.45, 2.75) is 19.9 Å². The Hall–Kier alpha value is -1.03. The van der Waals surface area contributed by atoms with Gasteiger partial charge in [0.1, 0.15) is 0 Å². The third-order valence-corrected chi connectivity index (χ3v) is 1.59. The molecule has 1 unspecified atom stereocenters. The van der Waals surface area contributed by atoms with Crippen LogP contribution in [-0.2, 0) is 0 Å². The highest BCUT2D eigenvalue weighted by molar-refractivity contribution is 5.19. The maximum absolute atomic E-state index is 5.42. The third-order valence-electron chi connectivity index (χ3n) is 1.59. The lowest BCUT2D eigenvalue weighted by atomic mass is 10.2. The van der Waals surface area contributed by atoms with Gasteiger partial charge in [-0.2, -0.15) is 0 Å². The maximum Gasteiger partial charge on any atom is 0.197 e. The van der Waals surface area contributed by atoms with E-state index in [0.29, 0.717) is 12.0 Å². The molecule has 1 atom stereocenters. The highest BCUT2D eigenvalue weighted by atomic mass is 15.0. The summed E-state index contributed by atoms with van der Waals surface area (Å²) in [6.07, 6.45) is 1.75. The van der Waals surface area contributed by atoms with Gasteiger partial charge in [0.15, 0.2) is 5.95 Å². The Morgan fingerprint density at radius 2 is 2.55 bits per heavy atom. The lowest BCUT2D eigenvalue weighted by Crippen LogP contribution is -2.17. The molecule has 0 aromatic carbocycles. The van der Waals surface area contributed by atoms with Gasteiger partial charge in [0.05, 0.1) is 11.9 Å². The first-order valence-corrected chi connectivity index (χ1v) is 3.77. The summed E-state index contributed by atoms with van der Waals surface area (Å²) in [5.74, 6) is 0.477. The monoisotopic (exact) mass is 154 g/mol. The van der Waals surface area contributed by atoms with Crippen LogP contribution in [0, 0.1) is 0 Å². The van der Waals surface area contributed by atoms with Crippen molar-refractivity contribution in [3.8, 4) is 0 Å². The van der Waals surface area contributed by atoms with Gasteiger partial charge in [0.2, 0.25) is 0 Å². The van der Waals surface area contributed by atoms with Crippen LogP contribution < -0.4 is 11.1 Å². The summed E-state index contributed by atoms with van der Waals surface area (Å²) in [6.45, 7) is 5.08. The molecule has 0 bridgehead atoms. The first-order chi connectivity index (χ1) is 5.24. The van der Waals surface area contributed by atoms with Crippen LogP contribution in [-0.4, -0.2) is 16.5 Å². The Bertz CT molecular complexity index is 218. The number of nitrogen functional groups attached to an aromatic ring is 1. The Morgan fingerprint density at radius 3 is 3.00 bits per heavy atom. The fraction of sp³-hybridized carbons (Fsp3) is 0.571. The number of aromatic nitrogens is 2. The molecule has 4 nitrogen and oxygen atoms in total. The highest BCUT2D eigenvalue weighted by Crippen LogP contribution is 2.08. The van der Waals surface area contributed by atoms with Gasteiger partial charge < -0.3 is 16.0 Å². The Labute approximate surface area is 66.2 Å². The number of rotatable bonds is 3. The van der Waals surface area contributed by atoms with Gasteiger partial charge in [-0.3, -0.25) is 0 Å². The molecule has 0 aliphatic rings. The van der Waals surface area contributed by atoms with E-state index in [2.05, 4.69) is 29.1 Å². The van der Waals surface area contributed by atoms with E-state index >= 15 is 0 Å². The summed E-state index contributed by atoms with van der Waals surface area (Å²) in [5, 5.41) is 3.25. The minimum Gasteiger partial charge on any atom is -0.369 e. The van der Waals surface area contributed by atoms with Crippen LogP contribution in [0.1, 0.15) is 25.6 Å². The van der Waals surface area contributed by atoms with E-state index in [1.807, 2.05) is 0 Å². The zero-order valence-corrected chi connectivity index (χ0v) is 6.89. The van der Waals surface area contributed by atoms with Crippen LogP contribution in [0.25, 0.3) is 0 Å². The van der Waals surface area contributed by atoms with E-state index in [4.69, 9.17) is 5.73 Å². The van der Waals surface area contributed by atoms with Gasteiger partial charge in [0, 0.05) is 6.04 Å². The smallest absolute Gasteiger partial charge is 0.197 e. The lowest BCUT2D eigenvalue weighted by Gasteiger charge is -2.08. The molecule has 1 aromatic rings. The zero-order valence-electron chi connectivity index (χ0n) is 6.89. The largest absolute Gasteiger partial charge is 0.369 e. The van der Waals surface area contributed by atoms with Gasteiger partial charge >= 0.3 is 0 Å². The summed E-state index contributed by atoms with van der Waals surface area (Å²) < 4.78 is 0. The second-order valence-corrected chi connectivity index (χ2v) is 2.50. The van der Waals surface area contributed by atoms with Crippen molar-refractivity contribution in [2.24, 2.45) is 0 Å². The second-order valence-electron chi connectivity index (χ2n) is 2.50. The van der Waals surface area contributed by atoms with Gasteiger partial charge in [0.25, 0.3) is 0 Å². The summed E-state index contributed by atoms with van der Waals surface area (Å²) in [7, 11) is 0. The number of anilines is 1. The number of hydrogen-bond acceptors (Lipinski definition) is 3. The van der Waals surface area contributed by atoms with Crippen LogP contribution >= 0.6 is 0 Å². The molecule has 0 saturated carbocycles.